The summed E-state index contributed by atoms with van der Waals surface area (Å²) in [4.78, 5) is 13.0. The van der Waals surface area contributed by atoms with Crippen LogP contribution in [-0.4, -0.2) is 12.9 Å². The second-order valence-electron chi connectivity index (χ2n) is 10.3. The van der Waals surface area contributed by atoms with Gasteiger partial charge in [-0.2, -0.15) is 0 Å². The van der Waals surface area contributed by atoms with Crippen LogP contribution in [-0.2, 0) is 17.8 Å². The summed E-state index contributed by atoms with van der Waals surface area (Å²) in [5.41, 5.74) is 4.95. The lowest BCUT2D eigenvalue weighted by Crippen LogP contribution is -2.44. The van der Waals surface area contributed by atoms with Gasteiger partial charge in [0.15, 0.2) is 11.5 Å². The molecule has 2 fully saturated rings. The summed E-state index contributed by atoms with van der Waals surface area (Å²) < 4.78 is 12.0. The Hall–Kier alpha value is -2.55. The number of fused-ring (bicyclic) bond motifs is 5. The molecule has 3 heteroatoms. The van der Waals surface area contributed by atoms with Crippen molar-refractivity contribution in [2.75, 3.05) is 7.11 Å². The Morgan fingerprint density at radius 1 is 1.16 bits per heavy atom. The summed E-state index contributed by atoms with van der Waals surface area (Å²) >= 11 is 0. The lowest BCUT2D eigenvalue weighted by molar-refractivity contribution is -0.129. The fourth-order valence-electron chi connectivity index (χ4n) is 6.94. The van der Waals surface area contributed by atoms with Crippen molar-refractivity contribution in [3.05, 3.63) is 71.3 Å². The van der Waals surface area contributed by atoms with Crippen LogP contribution in [0.5, 0.6) is 11.5 Å². The topological polar surface area (TPSA) is 35.5 Å². The van der Waals surface area contributed by atoms with Gasteiger partial charge in [-0.3, -0.25) is 4.79 Å². The molecule has 2 saturated carbocycles. The van der Waals surface area contributed by atoms with Crippen LogP contribution in [0.4, 0.5) is 0 Å². The van der Waals surface area contributed by atoms with Crippen LogP contribution in [0, 0.1) is 23.2 Å². The van der Waals surface area contributed by atoms with E-state index in [9.17, 15) is 4.79 Å². The van der Waals surface area contributed by atoms with E-state index in [4.69, 9.17) is 9.47 Å². The first kappa shape index (κ1) is 21.3. The van der Waals surface area contributed by atoms with Crippen LogP contribution in [0.3, 0.4) is 0 Å². The third-order valence-electron chi connectivity index (χ3n) is 8.61. The van der Waals surface area contributed by atoms with Crippen LogP contribution in [0.15, 0.2) is 54.6 Å². The number of rotatable bonds is 5. The van der Waals surface area contributed by atoms with Crippen molar-refractivity contribution in [3.63, 3.8) is 0 Å². The SMILES string of the molecule is C=C(C)C1CC(=O)[C@@]2(C)CC[C@@H]3c4cc(OC)c(OCc5ccccc5)cc4CC[C@H]3[C@H]12. The van der Waals surface area contributed by atoms with E-state index in [0.717, 1.165) is 42.7 Å². The molecule has 1 unspecified atom stereocenters. The van der Waals surface area contributed by atoms with Gasteiger partial charge in [-0.1, -0.05) is 49.4 Å². The molecule has 32 heavy (non-hydrogen) atoms. The number of allylic oxidation sites excluding steroid dienone is 1. The number of hydrogen-bond acceptors (Lipinski definition) is 3. The molecule has 0 N–H and O–H groups in total. The average molecular weight is 431 g/mol. The predicted octanol–water partition coefficient (Wildman–Crippen LogP) is 6.50. The van der Waals surface area contributed by atoms with Crippen molar-refractivity contribution >= 4 is 5.78 Å². The Kier molecular flexibility index (Phi) is 5.39. The zero-order valence-corrected chi connectivity index (χ0v) is 19.5. The maximum absolute atomic E-state index is 13.0. The maximum atomic E-state index is 13.0. The number of benzene rings is 2. The minimum absolute atomic E-state index is 0.175. The monoisotopic (exact) mass is 430 g/mol. The van der Waals surface area contributed by atoms with E-state index in [2.05, 4.69) is 44.7 Å². The Morgan fingerprint density at radius 3 is 2.66 bits per heavy atom. The van der Waals surface area contributed by atoms with Crippen molar-refractivity contribution < 1.29 is 14.3 Å². The van der Waals surface area contributed by atoms with Gasteiger partial charge in [0.2, 0.25) is 0 Å². The first-order chi connectivity index (χ1) is 15.4. The molecule has 3 aliphatic rings. The molecule has 5 rings (SSSR count). The number of hydrogen-bond donors (Lipinski definition) is 0. The lowest BCUT2D eigenvalue weighted by atomic mass is 9.54. The molecule has 0 saturated heterocycles. The maximum Gasteiger partial charge on any atom is 0.161 e. The normalized spacial score (nSPS) is 30.8. The Morgan fingerprint density at radius 2 is 1.94 bits per heavy atom. The molecule has 0 radical (unpaired) electrons. The first-order valence-electron chi connectivity index (χ1n) is 12.0. The molecule has 3 nitrogen and oxygen atoms in total. The highest BCUT2D eigenvalue weighted by Gasteiger charge is 2.58. The lowest BCUT2D eigenvalue weighted by Gasteiger charge is -2.50. The molecule has 0 spiro atoms. The van der Waals surface area contributed by atoms with E-state index in [-0.39, 0.29) is 5.41 Å². The van der Waals surface area contributed by atoms with Crippen molar-refractivity contribution in [1.29, 1.82) is 0 Å². The molecule has 0 bridgehead atoms. The predicted molar refractivity (Wildman–Crippen MR) is 127 cm³/mol. The smallest absolute Gasteiger partial charge is 0.161 e. The van der Waals surface area contributed by atoms with Crippen LogP contribution < -0.4 is 9.47 Å². The second kappa shape index (κ2) is 8.10. The Bertz CT molecular complexity index is 1040. The summed E-state index contributed by atoms with van der Waals surface area (Å²) in [7, 11) is 1.72. The highest BCUT2D eigenvalue weighted by molar-refractivity contribution is 5.88. The molecular weight excluding hydrogens is 396 g/mol. The number of carbonyl (C=O) groups is 1. The average Bonchev–Trinajstić information content (AvgIpc) is 3.08. The van der Waals surface area contributed by atoms with Crippen molar-refractivity contribution in [1.82, 2.24) is 0 Å². The summed E-state index contributed by atoms with van der Waals surface area (Å²) in [6, 6.07) is 14.7. The molecule has 0 aliphatic heterocycles. The van der Waals surface area contributed by atoms with Gasteiger partial charge in [0, 0.05) is 11.8 Å². The Labute approximate surface area is 191 Å². The molecule has 0 aromatic heterocycles. The third kappa shape index (κ3) is 3.37. The van der Waals surface area contributed by atoms with E-state index in [0.29, 0.717) is 42.5 Å². The summed E-state index contributed by atoms with van der Waals surface area (Å²) in [5, 5.41) is 0. The second-order valence-corrected chi connectivity index (χ2v) is 10.3. The third-order valence-corrected chi connectivity index (χ3v) is 8.61. The highest BCUT2D eigenvalue weighted by Crippen LogP contribution is 2.62. The van der Waals surface area contributed by atoms with Gasteiger partial charge in [-0.05, 0) is 85.1 Å². The van der Waals surface area contributed by atoms with Gasteiger partial charge in [0.25, 0.3) is 0 Å². The van der Waals surface area contributed by atoms with Gasteiger partial charge in [0.1, 0.15) is 12.4 Å². The van der Waals surface area contributed by atoms with E-state index in [1.165, 1.54) is 16.7 Å². The molecular formula is C29H34O3. The first-order valence-corrected chi connectivity index (χ1v) is 12.0. The van der Waals surface area contributed by atoms with Crippen LogP contribution in [0.25, 0.3) is 0 Å². The van der Waals surface area contributed by atoms with E-state index >= 15 is 0 Å². The summed E-state index contributed by atoms with van der Waals surface area (Å²) in [5.74, 6) is 3.87. The number of carbonyl (C=O) groups excluding carboxylic acids is 1. The Balaban J connectivity index is 1.45. The highest BCUT2D eigenvalue weighted by atomic mass is 16.5. The minimum Gasteiger partial charge on any atom is -0.493 e. The molecule has 0 amide bonds. The fourth-order valence-corrected chi connectivity index (χ4v) is 6.94. The van der Waals surface area contributed by atoms with Gasteiger partial charge in [-0.25, -0.2) is 0 Å². The molecule has 2 aromatic carbocycles. The number of aryl methyl sites for hydroxylation is 1. The molecule has 3 aliphatic carbocycles. The van der Waals surface area contributed by atoms with Crippen LogP contribution in [0.2, 0.25) is 0 Å². The van der Waals surface area contributed by atoms with Gasteiger partial charge < -0.3 is 9.47 Å². The molecule has 5 atom stereocenters. The quantitative estimate of drug-likeness (QED) is 0.508. The van der Waals surface area contributed by atoms with Gasteiger partial charge in [-0.15, -0.1) is 0 Å². The fraction of sp³-hybridized carbons (Fsp3) is 0.483. The number of Topliss-reactive ketones (excluding diaryl/α,β-unsaturated/α-hetero) is 1. The van der Waals surface area contributed by atoms with Gasteiger partial charge in [0.05, 0.1) is 7.11 Å². The van der Waals surface area contributed by atoms with E-state index in [1.54, 1.807) is 7.11 Å². The molecule has 168 valence electrons. The minimum atomic E-state index is -0.175. The summed E-state index contributed by atoms with van der Waals surface area (Å²) in [6.07, 6.45) is 4.91. The van der Waals surface area contributed by atoms with E-state index in [1.807, 2.05) is 18.2 Å². The number of ketones is 1. The number of ether oxygens (including phenoxy) is 2. The van der Waals surface area contributed by atoms with Crippen molar-refractivity contribution in [3.8, 4) is 11.5 Å². The molecule has 0 heterocycles. The standard InChI is InChI=1S/C29H34O3/c1-18(2)23-16-27(30)29(3)13-12-21-22(28(23)29)11-10-20-14-26(25(31-4)15-24(20)21)32-17-19-8-6-5-7-9-19/h5-9,14-15,21-23,28H,1,10-13,16-17H2,2-4H3/t21-,22+,23?,28+,29+/m0/s1. The largest absolute Gasteiger partial charge is 0.493 e. The zero-order valence-electron chi connectivity index (χ0n) is 19.5. The zero-order chi connectivity index (χ0) is 22.5. The summed E-state index contributed by atoms with van der Waals surface area (Å²) in [6.45, 7) is 9.15. The van der Waals surface area contributed by atoms with E-state index < -0.39 is 0 Å². The number of methoxy groups -OCH3 is 1. The molecule has 2 aromatic rings. The van der Waals surface area contributed by atoms with Crippen LogP contribution >= 0.6 is 0 Å². The van der Waals surface area contributed by atoms with Crippen molar-refractivity contribution in [2.24, 2.45) is 23.2 Å². The van der Waals surface area contributed by atoms with Crippen LogP contribution in [0.1, 0.15) is 62.1 Å². The van der Waals surface area contributed by atoms with Gasteiger partial charge >= 0.3 is 0 Å². The van der Waals surface area contributed by atoms with Crippen molar-refractivity contribution in [2.45, 2.75) is 58.5 Å².